The molecule has 0 N–H and O–H groups in total. The van der Waals surface area contributed by atoms with Crippen LogP contribution in [-0.2, 0) is 25.5 Å². The minimum absolute atomic E-state index is 0.0153. The van der Waals surface area contributed by atoms with Crippen LogP contribution in [0, 0.1) is 13.7 Å². The van der Waals surface area contributed by atoms with Crippen LogP contribution < -0.4 is 0 Å². The Bertz CT molecular complexity index is 3950. The monoisotopic (exact) mass is 827 g/mol. The van der Waals surface area contributed by atoms with E-state index in [1.54, 1.807) is 65.2 Å². The van der Waals surface area contributed by atoms with Crippen molar-refractivity contribution in [3.05, 3.63) is 210 Å². The first-order chi connectivity index (χ1) is 36.5. The summed E-state index contributed by atoms with van der Waals surface area (Å²) in [6, 6.07) is 44.7. The average Bonchev–Trinajstić information content (AvgIpc) is 4.01. The van der Waals surface area contributed by atoms with Crippen LogP contribution in [0.25, 0.3) is 83.5 Å². The van der Waals surface area contributed by atoms with Gasteiger partial charge < -0.3 is 0 Å². The van der Waals surface area contributed by atoms with Crippen LogP contribution >= 0.6 is 0 Å². The highest BCUT2D eigenvalue weighted by molar-refractivity contribution is 6.12. The summed E-state index contributed by atoms with van der Waals surface area (Å²) in [5.74, 6) is 0. The van der Waals surface area contributed by atoms with E-state index in [-0.39, 0.29) is 44.8 Å². The molecule has 0 aliphatic heterocycles. The lowest BCUT2D eigenvalue weighted by Crippen LogP contribution is -1.99. The van der Waals surface area contributed by atoms with Crippen molar-refractivity contribution < 1.29 is 19.2 Å². The number of hydrogen-bond acceptors (Lipinski definition) is 6. The second-order valence-corrected chi connectivity index (χ2v) is 14.9. The van der Waals surface area contributed by atoms with Crippen LogP contribution in [0.15, 0.2) is 176 Å². The summed E-state index contributed by atoms with van der Waals surface area (Å²) in [4.78, 5) is 27.4. The van der Waals surface area contributed by atoms with Gasteiger partial charge in [0.25, 0.3) is 0 Å². The number of nitrogens with zero attached hydrogens (tertiary/aromatic N) is 7. The summed E-state index contributed by atoms with van der Waals surface area (Å²) in [6.07, 6.45) is -7.17. The number of para-hydroxylation sites is 1. The van der Waals surface area contributed by atoms with Gasteiger partial charge in [-0.05, 0) is 102 Å². The molecule has 0 bridgehead atoms. The van der Waals surface area contributed by atoms with Crippen molar-refractivity contribution in [2.45, 2.75) is 39.2 Å². The molecule has 0 saturated heterocycles. The summed E-state index contributed by atoms with van der Waals surface area (Å²) in [5.41, 5.74) is 3.38. The van der Waals surface area contributed by atoms with Crippen LogP contribution in [0.1, 0.15) is 52.8 Å². The number of aryl methyl sites for hydroxylation is 6. The van der Waals surface area contributed by atoms with Crippen molar-refractivity contribution in [2.24, 2.45) is 0 Å². The SMILES string of the molecule is [2H]C([2H])([2H])c1nc2nc3c4cc(-c5ccccc5-c5cc(C([2H])([2H])C([2H])([2H])c6ccc(-c7ccccc7)nc6)cc(C([2H])([2H])C([2H])([2H])c6ccc(-c7ccccc7)nc6)c5)cnc4c4ccccc4n3c2nc1C([2H])([2H])[2H]. The lowest BCUT2D eigenvalue weighted by Gasteiger charge is -2.15. The first-order valence-corrected chi connectivity index (χ1v) is 20.2. The van der Waals surface area contributed by atoms with Gasteiger partial charge in [-0.2, -0.15) is 0 Å². The maximum atomic E-state index is 9.65. The average molecular weight is 828 g/mol. The second kappa shape index (κ2) is 16.2. The molecule has 0 spiro atoms. The molecule has 11 rings (SSSR count). The van der Waals surface area contributed by atoms with Crippen molar-refractivity contribution in [1.29, 1.82) is 0 Å². The number of benzene rings is 5. The Morgan fingerprint density at radius 3 is 1.63 bits per heavy atom. The van der Waals surface area contributed by atoms with Gasteiger partial charge in [-0.1, -0.05) is 133 Å². The van der Waals surface area contributed by atoms with Gasteiger partial charge in [-0.25, -0.2) is 15.0 Å². The lowest BCUT2D eigenvalue weighted by molar-refractivity contribution is 0.923. The molecule has 7 nitrogen and oxygen atoms in total. The van der Waals surface area contributed by atoms with E-state index in [1.807, 2.05) is 72.8 Å². The van der Waals surface area contributed by atoms with E-state index in [9.17, 15) is 11.0 Å². The fourth-order valence-electron chi connectivity index (χ4n) is 7.87. The predicted octanol–water partition coefficient (Wildman–Crippen LogP) is 12.6. The topological polar surface area (TPSA) is 81.8 Å². The highest BCUT2D eigenvalue weighted by Gasteiger charge is 2.19. The third-order valence-corrected chi connectivity index (χ3v) is 10.9. The number of rotatable bonds is 10. The minimum Gasteiger partial charge on any atom is -0.275 e. The Morgan fingerprint density at radius 1 is 0.444 bits per heavy atom. The standard InChI is InChI=1S/C56H43N7/c1-36-37(2)61-56-54(60-36)62-55-49-32-45(35-59-53(49)48-19-11-12-20-52(48)63(55)56)47-18-10-9-17-46(47)44-30-40(23-21-38-25-27-50(57-33-38)42-13-5-3-6-14-42)29-41(31-44)24-22-39-26-28-51(58-34-39)43-15-7-4-8-16-43/h3-20,25-35H,21-24H2,1-2H3/i1D3,2D3,21D2,22D2,23D2,24D2. The first-order valence-electron chi connectivity index (χ1n) is 27.2. The minimum atomic E-state index is -2.93. The molecular formula is C56H43N7. The maximum absolute atomic E-state index is 9.65. The molecular weight excluding hydrogens is 771 g/mol. The van der Waals surface area contributed by atoms with Crippen LogP contribution in [-0.4, -0.2) is 34.3 Å². The van der Waals surface area contributed by atoms with Gasteiger partial charge in [-0.15, -0.1) is 0 Å². The molecule has 0 atom stereocenters. The highest BCUT2D eigenvalue weighted by atomic mass is 15.1. The molecule has 0 aliphatic rings. The summed E-state index contributed by atoms with van der Waals surface area (Å²) < 4.78 is 127. The van der Waals surface area contributed by atoms with Crippen LogP contribution in [0.5, 0.6) is 0 Å². The number of aromatic nitrogens is 7. The molecule has 0 radical (unpaired) electrons. The van der Waals surface area contributed by atoms with Gasteiger partial charge in [0.2, 0.25) is 0 Å². The fourth-order valence-corrected chi connectivity index (χ4v) is 7.87. The number of hydrogen-bond donors (Lipinski definition) is 0. The van der Waals surface area contributed by atoms with Crippen LogP contribution in [0.3, 0.4) is 0 Å². The summed E-state index contributed by atoms with van der Waals surface area (Å²) in [5, 5.41) is 1.08. The highest BCUT2D eigenvalue weighted by Crippen LogP contribution is 2.37. The number of imidazole rings is 1. The lowest BCUT2D eigenvalue weighted by atomic mass is 9.90. The Hall–Kier alpha value is -7.90. The van der Waals surface area contributed by atoms with Gasteiger partial charge in [0.1, 0.15) is 0 Å². The van der Waals surface area contributed by atoms with Gasteiger partial charge >= 0.3 is 0 Å². The van der Waals surface area contributed by atoms with Crippen molar-refractivity contribution in [2.75, 3.05) is 0 Å². The van der Waals surface area contributed by atoms with E-state index in [0.29, 0.717) is 49.9 Å². The first kappa shape index (κ1) is 25.8. The fraction of sp³-hybridized carbons (Fsp3) is 0.107. The van der Waals surface area contributed by atoms with E-state index in [4.69, 9.17) is 18.2 Å². The number of fused-ring (bicyclic) bond motifs is 8. The predicted molar refractivity (Wildman–Crippen MR) is 256 cm³/mol. The van der Waals surface area contributed by atoms with Crippen molar-refractivity contribution >= 4 is 38.7 Å². The Morgan fingerprint density at radius 2 is 1.02 bits per heavy atom. The third kappa shape index (κ3) is 7.38. The molecule has 63 heavy (non-hydrogen) atoms. The zero-order chi connectivity index (χ0) is 54.5. The third-order valence-electron chi connectivity index (χ3n) is 10.9. The summed E-state index contributed by atoms with van der Waals surface area (Å²) >= 11 is 0. The smallest absolute Gasteiger partial charge is 0.198 e. The quantitative estimate of drug-likeness (QED) is 0.128. The van der Waals surface area contributed by atoms with Gasteiger partial charge in [0.05, 0.1) is 33.8 Å². The zero-order valence-electron chi connectivity index (χ0n) is 47.4. The Kier molecular flexibility index (Phi) is 6.62. The van der Waals surface area contributed by atoms with Gasteiger partial charge in [0, 0.05) is 65.2 Å². The molecule has 11 aromatic rings. The molecule has 5 aromatic carbocycles. The van der Waals surface area contributed by atoms with Crippen LogP contribution in [0.2, 0.25) is 0 Å². The van der Waals surface area contributed by atoms with Gasteiger partial charge in [-0.3, -0.25) is 19.4 Å². The summed E-state index contributed by atoms with van der Waals surface area (Å²) in [7, 11) is 0. The van der Waals surface area contributed by atoms with Crippen molar-refractivity contribution in [3.63, 3.8) is 0 Å². The molecule has 0 unspecified atom stereocenters. The summed E-state index contributed by atoms with van der Waals surface area (Å²) in [6.45, 7) is -5.86. The molecule has 7 heteroatoms. The van der Waals surface area contributed by atoms with Crippen molar-refractivity contribution in [1.82, 2.24) is 34.3 Å². The molecule has 0 aliphatic carbocycles. The molecule has 6 aromatic heterocycles. The van der Waals surface area contributed by atoms with E-state index in [1.165, 1.54) is 42.7 Å². The molecule has 302 valence electrons. The van der Waals surface area contributed by atoms with Crippen molar-refractivity contribution in [3.8, 4) is 44.8 Å². The van der Waals surface area contributed by atoms with E-state index in [0.717, 1.165) is 11.1 Å². The molecule has 0 amide bonds. The second-order valence-electron chi connectivity index (χ2n) is 14.9. The largest absolute Gasteiger partial charge is 0.275 e. The molecule has 6 heterocycles. The maximum Gasteiger partial charge on any atom is 0.198 e. The van der Waals surface area contributed by atoms with Crippen LogP contribution in [0.4, 0.5) is 0 Å². The zero-order valence-corrected chi connectivity index (χ0v) is 33.4. The Labute approximate surface area is 385 Å². The number of pyridine rings is 4. The molecule has 0 fully saturated rings. The normalized spacial score (nSPS) is 16.2. The van der Waals surface area contributed by atoms with Gasteiger partial charge in [0.15, 0.2) is 16.9 Å². The molecule has 0 saturated carbocycles. The van der Waals surface area contributed by atoms with E-state index < -0.39 is 50.6 Å². The Balaban J connectivity index is 1.10. The van der Waals surface area contributed by atoms with E-state index >= 15 is 0 Å². The van der Waals surface area contributed by atoms with E-state index in [2.05, 4.69) is 19.9 Å².